The smallest absolute Gasteiger partial charge is 0.337 e. The molecule has 1 heterocycles. The Morgan fingerprint density at radius 1 is 1.59 bits per heavy atom. The zero-order valence-corrected chi connectivity index (χ0v) is 10.3. The molecule has 0 radical (unpaired) electrons. The van der Waals surface area contributed by atoms with Gasteiger partial charge in [0, 0.05) is 18.6 Å². The van der Waals surface area contributed by atoms with Crippen LogP contribution in [0.1, 0.15) is 17.3 Å². The lowest BCUT2D eigenvalue weighted by Gasteiger charge is -2.09. The lowest BCUT2D eigenvalue weighted by Crippen LogP contribution is -2.17. The van der Waals surface area contributed by atoms with E-state index in [4.69, 9.17) is 9.84 Å². The fourth-order valence-corrected chi connectivity index (χ4v) is 1.83. The van der Waals surface area contributed by atoms with Gasteiger partial charge in [-0.05, 0) is 19.1 Å². The summed E-state index contributed by atoms with van der Waals surface area (Å²) in [7, 11) is 0. The molecule has 0 saturated carbocycles. The number of ether oxygens (including phenoxy) is 1. The van der Waals surface area contributed by atoms with Crippen molar-refractivity contribution >= 4 is 17.7 Å². The number of pyridine rings is 1. The number of rotatable bonds is 7. The maximum atomic E-state index is 10.6. The van der Waals surface area contributed by atoms with Crippen LogP contribution in [0.2, 0.25) is 0 Å². The first-order chi connectivity index (χ1) is 8.13. The highest BCUT2D eigenvalue weighted by Crippen LogP contribution is 2.16. The van der Waals surface area contributed by atoms with Crippen LogP contribution in [0.25, 0.3) is 0 Å². The van der Waals surface area contributed by atoms with E-state index in [0.29, 0.717) is 24.0 Å². The largest absolute Gasteiger partial charge is 0.478 e. The zero-order chi connectivity index (χ0) is 12.7. The molecule has 6 heteroatoms. The molecule has 1 atom stereocenters. The van der Waals surface area contributed by atoms with Crippen molar-refractivity contribution in [1.29, 1.82) is 0 Å². The predicted octanol–water partition coefficient (Wildman–Crippen LogP) is 1.27. The van der Waals surface area contributed by atoms with E-state index in [1.165, 1.54) is 24.0 Å². The van der Waals surface area contributed by atoms with Gasteiger partial charge < -0.3 is 14.9 Å². The Labute approximate surface area is 104 Å². The van der Waals surface area contributed by atoms with Crippen LogP contribution in [0, 0.1) is 0 Å². The molecule has 1 unspecified atom stereocenters. The van der Waals surface area contributed by atoms with Crippen LogP contribution in [0.5, 0.6) is 0 Å². The van der Waals surface area contributed by atoms with Gasteiger partial charge >= 0.3 is 5.97 Å². The Balaban J connectivity index is 2.39. The molecule has 0 aliphatic rings. The second-order valence-electron chi connectivity index (χ2n) is 3.31. The monoisotopic (exact) mass is 257 g/mol. The van der Waals surface area contributed by atoms with Gasteiger partial charge in [0.1, 0.15) is 0 Å². The van der Waals surface area contributed by atoms with Crippen molar-refractivity contribution in [2.45, 2.75) is 18.1 Å². The number of hydrogen-bond acceptors (Lipinski definition) is 5. The molecule has 0 spiro atoms. The molecule has 0 bridgehead atoms. The Kier molecular flexibility index (Phi) is 5.96. The first-order valence-electron chi connectivity index (χ1n) is 5.21. The van der Waals surface area contributed by atoms with Gasteiger partial charge in [-0.2, -0.15) is 0 Å². The van der Waals surface area contributed by atoms with Crippen molar-refractivity contribution in [3.8, 4) is 0 Å². The first-order valence-corrected chi connectivity index (χ1v) is 6.20. The molecule has 17 heavy (non-hydrogen) atoms. The summed E-state index contributed by atoms with van der Waals surface area (Å²) in [6.45, 7) is 2.75. The number of hydrogen-bond donors (Lipinski definition) is 2. The number of carboxylic acid groups (broad SMARTS) is 1. The fraction of sp³-hybridized carbons (Fsp3) is 0.455. The summed E-state index contributed by atoms with van der Waals surface area (Å²) in [6.07, 6.45) is 0.764. The lowest BCUT2D eigenvalue weighted by atomic mass is 10.3. The molecule has 5 nitrogen and oxygen atoms in total. The Bertz CT molecular complexity index is 355. The Morgan fingerprint density at radius 3 is 2.88 bits per heavy atom. The van der Waals surface area contributed by atoms with Gasteiger partial charge in [0.25, 0.3) is 0 Å². The SMILES string of the molecule is CCOCC(O)CSc1ccc(C(=O)O)cn1. The van der Waals surface area contributed by atoms with E-state index in [-0.39, 0.29) is 5.56 Å². The third kappa shape index (κ3) is 5.16. The second-order valence-corrected chi connectivity index (χ2v) is 4.35. The number of aromatic carboxylic acids is 1. The van der Waals surface area contributed by atoms with Gasteiger partial charge in [0.15, 0.2) is 0 Å². The number of carbonyl (C=O) groups is 1. The van der Waals surface area contributed by atoms with Crippen LogP contribution >= 0.6 is 11.8 Å². The van der Waals surface area contributed by atoms with Crippen molar-refractivity contribution in [3.63, 3.8) is 0 Å². The third-order valence-electron chi connectivity index (χ3n) is 1.92. The van der Waals surface area contributed by atoms with E-state index in [1.807, 2.05) is 6.92 Å². The van der Waals surface area contributed by atoms with E-state index in [0.717, 1.165) is 0 Å². The maximum Gasteiger partial charge on any atom is 0.337 e. The summed E-state index contributed by atoms with van der Waals surface area (Å²) in [4.78, 5) is 14.6. The quantitative estimate of drug-likeness (QED) is 0.716. The van der Waals surface area contributed by atoms with Gasteiger partial charge in [-0.15, -0.1) is 11.8 Å². The third-order valence-corrected chi connectivity index (χ3v) is 3.01. The molecular weight excluding hydrogens is 242 g/mol. The highest BCUT2D eigenvalue weighted by Gasteiger charge is 2.07. The van der Waals surface area contributed by atoms with Gasteiger partial charge in [0.05, 0.1) is 23.3 Å². The van der Waals surface area contributed by atoms with Crippen LogP contribution in [-0.4, -0.2) is 46.2 Å². The van der Waals surface area contributed by atoms with E-state index < -0.39 is 12.1 Å². The second kappa shape index (κ2) is 7.26. The summed E-state index contributed by atoms with van der Waals surface area (Å²) in [5.74, 6) is -0.523. The van der Waals surface area contributed by atoms with E-state index >= 15 is 0 Å². The average molecular weight is 257 g/mol. The molecule has 0 saturated heterocycles. The standard InChI is InChI=1S/C11H15NO4S/c1-2-16-6-9(13)7-17-10-4-3-8(5-12-10)11(14)15/h3-5,9,13H,2,6-7H2,1H3,(H,14,15). The molecule has 0 aliphatic heterocycles. The number of nitrogens with zero attached hydrogens (tertiary/aromatic N) is 1. The number of thioether (sulfide) groups is 1. The number of carboxylic acids is 1. The van der Waals surface area contributed by atoms with Crippen LogP contribution in [0.4, 0.5) is 0 Å². The van der Waals surface area contributed by atoms with Gasteiger partial charge in [-0.1, -0.05) is 0 Å². The summed E-state index contributed by atoms with van der Waals surface area (Å²) in [6, 6.07) is 3.12. The molecule has 0 aromatic carbocycles. The molecule has 0 fully saturated rings. The Hall–Kier alpha value is -1.11. The van der Waals surface area contributed by atoms with Gasteiger partial charge in [0.2, 0.25) is 0 Å². The maximum absolute atomic E-state index is 10.6. The molecule has 94 valence electrons. The highest BCUT2D eigenvalue weighted by molar-refractivity contribution is 7.99. The first kappa shape index (κ1) is 14.0. The van der Waals surface area contributed by atoms with Gasteiger partial charge in [-0.25, -0.2) is 9.78 Å². The van der Waals surface area contributed by atoms with Crippen molar-refractivity contribution in [2.24, 2.45) is 0 Å². The normalized spacial score (nSPS) is 12.4. The van der Waals surface area contributed by atoms with Crippen molar-refractivity contribution in [1.82, 2.24) is 4.98 Å². The fourth-order valence-electron chi connectivity index (χ4n) is 1.08. The molecular formula is C11H15NO4S. The molecule has 2 N–H and O–H groups in total. The minimum atomic E-state index is -0.995. The van der Waals surface area contributed by atoms with Crippen LogP contribution in [0.3, 0.4) is 0 Å². The van der Waals surface area contributed by atoms with Crippen molar-refractivity contribution < 1.29 is 19.7 Å². The lowest BCUT2D eigenvalue weighted by molar-refractivity contribution is 0.0551. The number of aromatic nitrogens is 1. The van der Waals surface area contributed by atoms with Crippen molar-refractivity contribution in [2.75, 3.05) is 19.0 Å². The van der Waals surface area contributed by atoms with E-state index in [1.54, 1.807) is 6.07 Å². The molecule has 0 amide bonds. The minimum absolute atomic E-state index is 0.157. The van der Waals surface area contributed by atoms with Crippen LogP contribution in [-0.2, 0) is 4.74 Å². The molecule has 0 aliphatic carbocycles. The molecule has 1 aromatic rings. The number of aliphatic hydroxyl groups is 1. The van der Waals surface area contributed by atoms with Gasteiger partial charge in [-0.3, -0.25) is 0 Å². The van der Waals surface area contributed by atoms with E-state index in [9.17, 15) is 9.90 Å². The topological polar surface area (TPSA) is 79.7 Å². The highest BCUT2D eigenvalue weighted by atomic mass is 32.2. The molecule has 1 rings (SSSR count). The van der Waals surface area contributed by atoms with E-state index in [2.05, 4.69) is 4.98 Å². The predicted molar refractivity (Wildman–Crippen MR) is 64.4 cm³/mol. The average Bonchev–Trinajstić information content (AvgIpc) is 2.34. The van der Waals surface area contributed by atoms with Crippen LogP contribution in [0.15, 0.2) is 23.4 Å². The summed E-state index contributed by atoms with van der Waals surface area (Å²) < 4.78 is 5.07. The minimum Gasteiger partial charge on any atom is -0.478 e. The number of aliphatic hydroxyl groups excluding tert-OH is 1. The summed E-state index contributed by atoms with van der Waals surface area (Å²) in [5, 5.41) is 18.9. The van der Waals surface area contributed by atoms with Crippen LogP contribution < -0.4 is 0 Å². The summed E-state index contributed by atoms with van der Waals surface area (Å²) >= 11 is 1.37. The Morgan fingerprint density at radius 2 is 2.35 bits per heavy atom. The summed E-state index contributed by atoms with van der Waals surface area (Å²) in [5.41, 5.74) is 0.157. The molecule has 1 aromatic heterocycles. The van der Waals surface area contributed by atoms with Crippen molar-refractivity contribution in [3.05, 3.63) is 23.9 Å². The zero-order valence-electron chi connectivity index (χ0n) is 9.50.